The Morgan fingerprint density at radius 3 is 2.47 bits per heavy atom. The summed E-state index contributed by atoms with van der Waals surface area (Å²) in [6.07, 6.45) is -0.959. The zero-order chi connectivity index (χ0) is 24.4. The fourth-order valence-corrected chi connectivity index (χ4v) is 3.56. The molecule has 0 unspecified atom stereocenters. The monoisotopic (exact) mass is 502 g/mol. The maximum absolute atomic E-state index is 14.0. The molecule has 1 aromatic heterocycles. The molecule has 0 saturated heterocycles. The molecule has 7 nitrogen and oxygen atoms in total. The highest BCUT2D eigenvalue weighted by molar-refractivity contribution is 6.31. The number of anilines is 1. The Kier molecular flexibility index (Phi) is 6.49. The molecule has 0 bridgehead atoms. The summed E-state index contributed by atoms with van der Waals surface area (Å²) in [6, 6.07) is 15.1. The zero-order valence-electron chi connectivity index (χ0n) is 17.1. The molecule has 0 aliphatic heterocycles. The summed E-state index contributed by atoms with van der Waals surface area (Å²) >= 11 is 11.9. The Hall–Kier alpha value is -3.95. The normalized spacial score (nSPS) is 10.7. The van der Waals surface area contributed by atoms with Crippen LogP contribution in [0.15, 0.2) is 66.7 Å². The molecule has 34 heavy (non-hydrogen) atoms. The van der Waals surface area contributed by atoms with E-state index in [-0.39, 0.29) is 32.9 Å². The molecular weight excluding hydrogens is 489 g/mol. The molecule has 4 rings (SSSR count). The number of para-hydroxylation sites is 1. The van der Waals surface area contributed by atoms with Gasteiger partial charge in [0.15, 0.2) is 0 Å². The molecule has 3 aromatic carbocycles. The molecular formula is C23H14Cl2F2N4O3. The van der Waals surface area contributed by atoms with Crippen LogP contribution in [0.4, 0.5) is 19.3 Å². The van der Waals surface area contributed by atoms with E-state index in [1.54, 1.807) is 12.1 Å². The van der Waals surface area contributed by atoms with Gasteiger partial charge < -0.3 is 10.5 Å². The van der Waals surface area contributed by atoms with Crippen molar-refractivity contribution in [3.63, 3.8) is 0 Å². The van der Waals surface area contributed by atoms with Gasteiger partial charge in [0.1, 0.15) is 11.6 Å². The van der Waals surface area contributed by atoms with Crippen LogP contribution in [0.1, 0.15) is 10.4 Å². The Labute approximate surface area is 201 Å². The summed E-state index contributed by atoms with van der Waals surface area (Å²) in [5.74, 6) is -2.16. The highest BCUT2D eigenvalue weighted by Crippen LogP contribution is 2.31. The lowest BCUT2D eigenvalue weighted by atomic mass is 10.1. The molecule has 0 aliphatic rings. The van der Waals surface area contributed by atoms with Crippen LogP contribution in [0.2, 0.25) is 10.0 Å². The van der Waals surface area contributed by atoms with Crippen LogP contribution in [0.25, 0.3) is 16.9 Å². The fourth-order valence-electron chi connectivity index (χ4n) is 3.17. The molecule has 172 valence electrons. The van der Waals surface area contributed by atoms with Crippen LogP contribution in [-0.4, -0.2) is 21.8 Å². The van der Waals surface area contributed by atoms with Gasteiger partial charge in [-0.3, -0.25) is 10.1 Å². The largest absolute Gasteiger partial charge is 0.418 e. The number of rotatable bonds is 5. The smallest absolute Gasteiger partial charge is 0.389 e. The lowest BCUT2D eigenvalue weighted by Gasteiger charge is -2.09. The summed E-state index contributed by atoms with van der Waals surface area (Å²) in [6.45, 7) is 0. The predicted octanol–water partition coefficient (Wildman–Crippen LogP) is 5.83. The number of amides is 2. The average molecular weight is 503 g/mol. The predicted molar refractivity (Wildman–Crippen MR) is 124 cm³/mol. The Morgan fingerprint density at radius 1 is 1.00 bits per heavy atom. The summed E-state index contributed by atoms with van der Waals surface area (Å²) in [7, 11) is 0. The van der Waals surface area contributed by atoms with Gasteiger partial charge in [-0.15, -0.1) is 5.10 Å². The first kappa shape index (κ1) is 23.2. The second-order valence-corrected chi connectivity index (χ2v) is 7.80. The second kappa shape index (κ2) is 9.50. The third-order valence-corrected chi connectivity index (χ3v) is 5.13. The van der Waals surface area contributed by atoms with Gasteiger partial charge in [0, 0.05) is 16.7 Å². The minimum absolute atomic E-state index is 0.0843. The van der Waals surface area contributed by atoms with E-state index in [9.17, 15) is 18.4 Å². The van der Waals surface area contributed by atoms with Gasteiger partial charge in [0.2, 0.25) is 5.88 Å². The first-order valence-corrected chi connectivity index (χ1v) is 10.4. The van der Waals surface area contributed by atoms with Gasteiger partial charge in [-0.05, 0) is 48.5 Å². The summed E-state index contributed by atoms with van der Waals surface area (Å²) in [4.78, 5) is 24.0. The Balaban J connectivity index is 1.71. The quantitative estimate of drug-likeness (QED) is 0.358. The molecule has 3 N–H and O–H groups in total. The van der Waals surface area contributed by atoms with Crippen LogP contribution in [0.5, 0.6) is 5.88 Å². The lowest BCUT2D eigenvalue weighted by molar-refractivity contribution is 0.100. The van der Waals surface area contributed by atoms with Crippen LogP contribution >= 0.6 is 23.2 Å². The number of halogens is 4. The molecule has 0 fully saturated rings. The number of hydrogen-bond acceptors (Lipinski definition) is 4. The van der Waals surface area contributed by atoms with Crippen LogP contribution in [0.3, 0.4) is 0 Å². The van der Waals surface area contributed by atoms with E-state index in [1.165, 1.54) is 47.1 Å². The van der Waals surface area contributed by atoms with E-state index >= 15 is 0 Å². The summed E-state index contributed by atoms with van der Waals surface area (Å²) < 4.78 is 34.2. The third kappa shape index (κ3) is 5.00. The number of benzene rings is 3. The maximum Gasteiger partial charge on any atom is 0.418 e. The number of primary amides is 1. The number of nitrogens with two attached hydrogens (primary N) is 1. The van der Waals surface area contributed by atoms with Gasteiger partial charge in [-0.1, -0.05) is 35.3 Å². The molecule has 0 saturated carbocycles. The van der Waals surface area contributed by atoms with Gasteiger partial charge in [-0.2, -0.15) is 0 Å². The van der Waals surface area contributed by atoms with Crippen LogP contribution < -0.4 is 15.8 Å². The van der Waals surface area contributed by atoms with E-state index in [2.05, 4.69) is 10.4 Å². The SMILES string of the molecule is NC(=O)c1ccccc1NC(=O)Oc1cc(-c2cc(F)cc(Cl)c2)n(-c2ccc(F)c(Cl)c2)n1. The summed E-state index contributed by atoms with van der Waals surface area (Å²) in [5.41, 5.74) is 6.45. The van der Waals surface area contributed by atoms with Crippen molar-refractivity contribution in [3.8, 4) is 22.8 Å². The highest BCUT2D eigenvalue weighted by Gasteiger charge is 2.18. The molecule has 11 heteroatoms. The topological polar surface area (TPSA) is 99.2 Å². The molecule has 0 spiro atoms. The minimum atomic E-state index is -0.959. The van der Waals surface area contributed by atoms with E-state index in [0.717, 1.165) is 12.1 Å². The van der Waals surface area contributed by atoms with E-state index in [0.29, 0.717) is 11.3 Å². The minimum Gasteiger partial charge on any atom is -0.389 e. The highest BCUT2D eigenvalue weighted by atomic mass is 35.5. The Morgan fingerprint density at radius 2 is 1.76 bits per heavy atom. The molecule has 0 atom stereocenters. The van der Waals surface area contributed by atoms with E-state index in [1.807, 2.05) is 0 Å². The van der Waals surface area contributed by atoms with Gasteiger partial charge >= 0.3 is 6.09 Å². The van der Waals surface area contributed by atoms with Crippen molar-refractivity contribution < 1.29 is 23.1 Å². The number of ether oxygens (including phenoxy) is 1. The average Bonchev–Trinajstić information content (AvgIpc) is 3.19. The zero-order valence-corrected chi connectivity index (χ0v) is 18.6. The van der Waals surface area contributed by atoms with Crippen molar-refractivity contribution >= 4 is 40.9 Å². The molecule has 0 radical (unpaired) electrons. The maximum atomic E-state index is 14.0. The van der Waals surface area contributed by atoms with Crippen molar-refractivity contribution in [3.05, 3.63) is 94.0 Å². The molecule has 1 heterocycles. The van der Waals surface area contributed by atoms with Crippen molar-refractivity contribution in [2.45, 2.75) is 0 Å². The van der Waals surface area contributed by atoms with Crippen molar-refractivity contribution in [1.29, 1.82) is 0 Å². The number of hydrogen-bond donors (Lipinski definition) is 2. The first-order chi connectivity index (χ1) is 16.2. The van der Waals surface area contributed by atoms with Crippen LogP contribution in [0, 0.1) is 11.6 Å². The van der Waals surface area contributed by atoms with Gasteiger partial charge in [0.25, 0.3) is 5.91 Å². The fraction of sp³-hybridized carbons (Fsp3) is 0. The van der Waals surface area contributed by atoms with E-state index < -0.39 is 23.6 Å². The van der Waals surface area contributed by atoms with Gasteiger partial charge in [0.05, 0.1) is 27.7 Å². The van der Waals surface area contributed by atoms with Crippen molar-refractivity contribution in [1.82, 2.24) is 9.78 Å². The van der Waals surface area contributed by atoms with Crippen molar-refractivity contribution in [2.24, 2.45) is 5.73 Å². The van der Waals surface area contributed by atoms with Crippen LogP contribution in [-0.2, 0) is 0 Å². The van der Waals surface area contributed by atoms with Crippen molar-refractivity contribution in [2.75, 3.05) is 5.32 Å². The second-order valence-electron chi connectivity index (χ2n) is 6.96. The number of nitrogens with one attached hydrogen (secondary N) is 1. The lowest BCUT2D eigenvalue weighted by Crippen LogP contribution is -2.21. The van der Waals surface area contributed by atoms with E-state index in [4.69, 9.17) is 33.7 Å². The summed E-state index contributed by atoms with van der Waals surface area (Å²) in [5, 5.41) is 6.60. The standard InChI is InChI=1S/C23H14Cl2F2N4O3/c24-13-7-12(8-14(26)9-13)20-11-21(30-31(20)15-5-6-18(27)17(25)10-15)34-23(33)29-19-4-2-1-3-16(19)22(28)32/h1-11H,(H2,28,32)(H,29,33). The number of nitrogens with zero attached hydrogens (tertiary/aromatic N) is 2. The molecule has 2 amide bonds. The number of aromatic nitrogens is 2. The molecule has 0 aliphatic carbocycles. The number of carbonyl (C=O) groups is 2. The first-order valence-electron chi connectivity index (χ1n) is 9.61. The number of carbonyl (C=O) groups excluding carboxylic acids is 2. The Bertz CT molecular complexity index is 1410. The molecule has 4 aromatic rings. The third-order valence-electron chi connectivity index (χ3n) is 4.62. The van der Waals surface area contributed by atoms with Gasteiger partial charge in [-0.25, -0.2) is 18.3 Å².